The van der Waals surface area contributed by atoms with E-state index in [-0.39, 0.29) is 5.75 Å². The summed E-state index contributed by atoms with van der Waals surface area (Å²) in [5, 5.41) is 4.66. The molecule has 1 aromatic rings. The van der Waals surface area contributed by atoms with Gasteiger partial charge in [0.05, 0.1) is 5.75 Å². The van der Waals surface area contributed by atoms with Gasteiger partial charge in [0.2, 0.25) is 6.10 Å². The number of ether oxygens (including phenoxy) is 1. The molecule has 1 aromatic carbocycles. The van der Waals surface area contributed by atoms with Gasteiger partial charge >= 0.3 is 12.0 Å². The van der Waals surface area contributed by atoms with Gasteiger partial charge in [0.1, 0.15) is 4.32 Å². The third-order valence-corrected chi connectivity index (χ3v) is 5.34. The van der Waals surface area contributed by atoms with Gasteiger partial charge in [-0.3, -0.25) is 14.9 Å². The Morgan fingerprint density at radius 3 is 2.52 bits per heavy atom. The van der Waals surface area contributed by atoms with Crippen molar-refractivity contribution in [3.8, 4) is 0 Å². The molecule has 0 bridgehead atoms. The first-order valence-corrected chi connectivity index (χ1v) is 10.2. The number of carbonyl (C=O) groups is 3. The van der Waals surface area contributed by atoms with E-state index in [9.17, 15) is 14.4 Å². The predicted molar refractivity (Wildman–Crippen MR) is 108 cm³/mol. The van der Waals surface area contributed by atoms with Gasteiger partial charge in [-0.1, -0.05) is 54.3 Å². The number of nitrogens with one attached hydrogen (secondary N) is 2. The Bertz CT molecular complexity index is 678. The Kier molecular flexibility index (Phi) is 8.53. The van der Waals surface area contributed by atoms with Crippen LogP contribution in [0.25, 0.3) is 0 Å². The van der Waals surface area contributed by atoms with Crippen LogP contribution in [0.2, 0.25) is 0 Å². The maximum absolute atomic E-state index is 12.4. The summed E-state index contributed by atoms with van der Waals surface area (Å²) in [5.74, 6) is -1.26. The summed E-state index contributed by atoms with van der Waals surface area (Å²) in [4.78, 5) is 38.4. The van der Waals surface area contributed by atoms with Gasteiger partial charge in [-0.05, 0) is 19.8 Å². The standard InChI is InChI=1S/C18H23N3O4S2/c1-2-19-17(24)20-16(23)15(13-8-4-3-5-9-13)25-14(22)12-27-18(26)21-10-6-7-11-21/h3-5,8-9,15H,2,6-7,10-12H2,1H3,(H2,19,20,23,24)/t15-/m1/s1. The summed E-state index contributed by atoms with van der Waals surface area (Å²) in [6.45, 7) is 3.92. The van der Waals surface area contributed by atoms with E-state index in [4.69, 9.17) is 17.0 Å². The average molecular weight is 410 g/mol. The number of nitrogens with zero attached hydrogens (tertiary/aromatic N) is 1. The molecule has 0 aliphatic carbocycles. The third kappa shape index (κ3) is 6.84. The summed E-state index contributed by atoms with van der Waals surface area (Å²) in [7, 11) is 0. The van der Waals surface area contributed by atoms with Crippen molar-refractivity contribution in [2.24, 2.45) is 0 Å². The molecule has 7 nitrogen and oxygen atoms in total. The highest BCUT2D eigenvalue weighted by Gasteiger charge is 2.27. The molecular weight excluding hydrogens is 386 g/mol. The van der Waals surface area contributed by atoms with Crippen molar-refractivity contribution < 1.29 is 19.1 Å². The molecule has 2 rings (SSSR count). The number of urea groups is 1. The van der Waals surface area contributed by atoms with Gasteiger partial charge in [0.25, 0.3) is 5.91 Å². The van der Waals surface area contributed by atoms with Gasteiger partial charge in [-0.2, -0.15) is 0 Å². The summed E-state index contributed by atoms with van der Waals surface area (Å²) in [6.07, 6.45) is 0.991. The largest absolute Gasteiger partial charge is 0.447 e. The second-order valence-corrected chi connectivity index (χ2v) is 7.49. The molecule has 0 unspecified atom stereocenters. The van der Waals surface area contributed by atoms with E-state index in [1.165, 1.54) is 11.8 Å². The molecule has 1 aliphatic rings. The smallest absolute Gasteiger partial charge is 0.321 e. The van der Waals surface area contributed by atoms with Crippen LogP contribution in [-0.2, 0) is 14.3 Å². The number of amides is 3. The Hall–Kier alpha value is -2.13. The van der Waals surface area contributed by atoms with Crippen molar-refractivity contribution in [1.29, 1.82) is 0 Å². The fraction of sp³-hybridized carbons (Fsp3) is 0.444. The first-order chi connectivity index (χ1) is 13.0. The average Bonchev–Trinajstić information content (AvgIpc) is 3.19. The Labute approximate surface area is 168 Å². The van der Waals surface area contributed by atoms with Gasteiger partial charge in [-0.15, -0.1) is 0 Å². The SMILES string of the molecule is CCNC(=O)NC(=O)[C@H](OC(=O)CSC(=S)N1CCCC1)c1ccccc1. The van der Waals surface area contributed by atoms with E-state index in [1.807, 2.05) is 0 Å². The van der Waals surface area contributed by atoms with Crippen LogP contribution in [0.4, 0.5) is 4.79 Å². The van der Waals surface area contributed by atoms with Gasteiger partial charge < -0.3 is 15.0 Å². The highest BCUT2D eigenvalue weighted by molar-refractivity contribution is 8.23. The van der Waals surface area contributed by atoms with Crippen LogP contribution in [-0.4, -0.2) is 52.5 Å². The molecule has 9 heteroatoms. The van der Waals surface area contributed by atoms with Crippen molar-refractivity contribution in [3.63, 3.8) is 0 Å². The van der Waals surface area contributed by atoms with Crippen LogP contribution in [0.5, 0.6) is 0 Å². The maximum Gasteiger partial charge on any atom is 0.321 e. The maximum atomic E-state index is 12.4. The molecule has 1 heterocycles. The molecule has 1 aliphatic heterocycles. The monoisotopic (exact) mass is 409 g/mol. The molecule has 1 atom stereocenters. The van der Waals surface area contributed by atoms with Crippen molar-refractivity contribution in [2.75, 3.05) is 25.4 Å². The van der Waals surface area contributed by atoms with Crippen LogP contribution < -0.4 is 10.6 Å². The lowest BCUT2D eigenvalue weighted by molar-refractivity contribution is -0.153. The van der Waals surface area contributed by atoms with Crippen molar-refractivity contribution in [3.05, 3.63) is 35.9 Å². The zero-order valence-electron chi connectivity index (χ0n) is 15.1. The van der Waals surface area contributed by atoms with Crippen LogP contribution in [0, 0.1) is 0 Å². The fourth-order valence-corrected chi connectivity index (χ4v) is 3.59. The molecule has 0 radical (unpaired) electrons. The summed E-state index contributed by atoms with van der Waals surface area (Å²) >= 11 is 6.55. The van der Waals surface area contributed by atoms with E-state index in [0.29, 0.717) is 16.4 Å². The molecule has 0 spiro atoms. The summed E-state index contributed by atoms with van der Waals surface area (Å²) in [5.41, 5.74) is 0.486. The lowest BCUT2D eigenvalue weighted by Gasteiger charge is -2.19. The molecular formula is C18H23N3O4S2. The van der Waals surface area contributed by atoms with Gasteiger partial charge in [0.15, 0.2) is 0 Å². The second-order valence-electron chi connectivity index (χ2n) is 5.88. The number of benzene rings is 1. The van der Waals surface area contributed by atoms with Crippen molar-refractivity contribution >= 4 is 46.2 Å². The number of carbonyl (C=O) groups excluding carboxylic acids is 3. The molecule has 146 valence electrons. The number of rotatable bonds is 6. The second kappa shape index (κ2) is 10.9. The normalized spacial score (nSPS) is 14.3. The number of esters is 1. The first-order valence-electron chi connectivity index (χ1n) is 8.76. The minimum atomic E-state index is -1.21. The molecule has 0 aromatic heterocycles. The highest BCUT2D eigenvalue weighted by atomic mass is 32.2. The molecule has 2 N–H and O–H groups in total. The zero-order chi connectivity index (χ0) is 19.6. The predicted octanol–water partition coefficient (Wildman–Crippen LogP) is 2.23. The van der Waals surface area contributed by atoms with Crippen LogP contribution in [0.1, 0.15) is 31.4 Å². The van der Waals surface area contributed by atoms with E-state index >= 15 is 0 Å². The fourth-order valence-electron chi connectivity index (χ4n) is 2.56. The molecule has 1 fully saturated rings. The van der Waals surface area contributed by atoms with Gasteiger partial charge in [0, 0.05) is 25.2 Å². The van der Waals surface area contributed by atoms with Crippen molar-refractivity contribution in [1.82, 2.24) is 15.5 Å². The van der Waals surface area contributed by atoms with E-state index in [1.54, 1.807) is 37.3 Å². The Morgan fingerprint density at radius 1 is 1.22 bits per heavy atom. The minimum Gasteiger partial charge on any atom is -0.447 e. The minimum absolute atomic E-state index is 0.00705. The number of thiocarbonyl (C=S) groups is 1. The van der Waals surface area contributed by atoms with E-state index in [2.05, 4.69) is 15.5 Å². The van der Waals surface area contributed by atoms with Crippen molar-refractivity contribution in [2.45, 2.75) is 25.9 Å². The van der Waals surface area contributed by atoms with E-state index < -0.39 is 24.0 Å². The van der Waals surface area contributed by atoms with Gasteiger partial charge in [-0.25, -0.2) is 4.79 Å². The summed E-state index contributed by atoms with van der Waals surface area (Å²) < 4.78 is 6.02. The Morgan fingerprint density at radius 2 is 1.89 bits per heavy atom. The number of imide groups is 1. The number of likely N-dealkylation sites (tertiary alicyclic amines) is 1. The lowest BCUT2D eigenvalue weighted by atomic mass is 10.1. The van der Waals surface area contributed by atoms with Crippen LogP contribution in [0.3, 0.4) is 0 Å². The quantitative estimate of drug-likeness (QED) is 0.550. The van der Waals surface area contributed by atoms with Crippen LogP contribution in [0.15, 0.2) is 30.3 Å². The topological polar surface area (TPSA) is 87.7 Å². The third-order valence-electron chi connectivity index (χ3n) is 3.84. The zero-order valence-corrected chi connectivity index (χ0v) is 16.7. The first kappa shape index (κ1) is 21.2. The highest BCUT2D eigenvalue weighted by Crippen LogP contribution is 2.20. The van der Waals surface area contributed by atoms with E-state index in [0.717, 1.165) is 25.9 Å². The number of hydrogen-bond donors (Lipinski definition) is 2. The molecule has 0 saturated carbocycles. The molecule has 27 heavy (non-hydrogen) atoms. The van der Waals surface area contributed by atoms with Crippen LogP contribution >= 0.6 is 24.0 Å². The molecule has 1 saturated heterocycles. The summed E-state index contributed by atoms with van der Waals surface area (Å²) in [6, 6.07) is 7.94. The lowest BCUT2D eigenvalue weighted by Crippen LogP contribution is -2.42. The molecule has 3 amide bonds. The Balaban J connectivity index is 1.96. The number of hydrogen-bond acceptors (Lipinski definition) is 6. The number of thioether (sulfide) groups is 1.